The lowest BCUT2D eigenvalue weighted by molar-refractivity contribution is -0.870. The third kappa shape index (κ3) is 46.8. The van der Waals surface area contributed by atoms with Crippen molar-refractivity contribution in [2.45, 2.75) is 231 Å². The summed E-state index contributed by atoms with van der Waals surface area (Å²) in [7, 11) is 1.09. The Bertz CT molecular complexity index is 1300. The molecule has 10 heteroatoms. The van der Waals surface area contributed by atoms with Gasteiger partial charge in [0.25, 0.3) is 7.82 Å². The van der Waals surface area contributed by atoms with Crippen molar-refractivity contribution < 1.29 is 38.0 Å². The Kier molecular flexibility index (Phi) is 44.2. The topological polar surface area (TPSA) is 128 Å². The number of nitrogens with one attached hydrogen (secondary N) is 1. The number of unbranched alkanes of at least 4 members (excludes halogenated alkanes) is 22. The minimum Gasteiger partial charge on any atom is -0.756 e. The van der Waals surface area contributed by atoms with E-state index >= 15 is 0 Å². The molecule has 0 rings (SSSR count). The summed E-state index contributed by atoms with van der Waals surface area (Å²) in [6.45, 7) is 4.18. The number of amides is 1. The second-order valence-electron chi connectivity index (χ2n) is 19.0. The first-order chi connectivity index (χ1) is 31.4. The molecule has 0 aliphatic rings. The number of aliphatic hydroxyl groups is 2. The third-order valence-electron chi connectivity index (χ3n) is 11.6. The van der Waals surface area contributed by atoms with Crippen molar-refractivity contribution in [3.8, 4) is 0 Å². The van der Waals surface area contributed by atoms with Gasteiger partial charge in [-0.2, -0.15) is 0 Å². The van der Waals surface area contributed by atoms with Gasteiger partial charge in [0.1, 0.15) is 19.3 Å². The summed E-state index contributed by atoms with van der Waals surface area (Å²) < 4.78 is 23.2. The number of carbonyl (C=O) groups excluding carboxylic acids is 1. The largest absolute Gasteiger partial charge is 0.756 e. The van der Waals surface area contributed by atoms with Crippen molar-refractivity contribution >= 4 is 13.7 Å². The number of phosphoric acid groups is 1. The third-order valence-corrected chi connectivity index (χ3v) is 12.5. The van der Waals surface area contributed by atoms with Crippen LogP contribution in [0.15, 0.2) is 72.9 Å². The van der Waals surface area contributed by atoms with Gasteiger partial charge in [0.05, 0.1) is 39.9 Å². The Morgan fingerprint density at radius 1 is 0.585 bits per heavy atom. The molecule has 0 saturated carbocycles. The highest BCUT2D eigenvalue weighted by molar-refractivity contribution is 7.45. The van der Waals surface area contributed by atoms with Crippen LogP contribution in [0.2, 0.25) is 0 Å². The lowest BCUT2D eigenvalue weighted by atomic mass is 10.0. The van der Waals surface area contributed by atoms with E-state index in [9.17, 15) is 24.5 Å². The van der Waals surface area contributed by atoms with Gasteiger partial charge in [0.2, 0.25) is 5.91 Å². The maximum atomic E-state index is 13.0. The number of hydrogen-bond donors (Lipinski definition) is 3. The van der Waals surface area contributed by atoms with Crippen LogP contribution < -0.4 is 10.2 Å². The van der Waals surface area contributed by atoms with E-state index in [1.807, 2.05) is 28.1 Å². The fourth-order valence-electron chi connectivity index (χ4n) is 7.36. The summed E-state index contributed by atoms with van der Waals surface area (Å²) in [6, 6.07) is -1.10. The van der Waals surface area contributed by atoms with Crippen LogP contribution in [0.25, 0.3) is 0 Å². The zero-order valence-electron chi connectivity index (χ0n) is 42.5. The molecule has 0 aromatic rings. The van der Waals surface area contributed by atoms with E-state index in [0.717, 1.165) is 64.2 Å². The first-order valence-corrected chi connectivity index (χ1v) is 27.8. The van der Waals surface area contributed by atoms with E-state index in [2.05, 4.69) is 85.2 Å². The Morgan fingerprint density at radius 2 is 1.00 bits per heavy atom. The first kappa shape index (κ1) is 62.9. The van der Waals surface area contributed by atoms with Gasteiger partial charge in [0.15, 0.2) is 0 Å². The fourth-order valence-corrected chi connectivity index (χ4v) is 8.08. The molecule has 1 amide bonds. The standard InChI is InChI=1S/C55H101N2O7P/c1-6-8-10-12-14-16-18-20-21-22-23-24-25-26-27-28-29-30-31-32-33-34-35-36-38-40-42-44-46-48-54(59)56-52(51-64-65(61,62)63-50-49-57(3,4)5)55(60)53(58)47-45-43-41-39-37-19-17-15-13-11-9-7-2/h7,9,15,17-18,20,22-23,25-26,39,41,52-53,55,58,60H,6,8,10-14,16,19,21,24,27-38,40,42-51H2,1-5H3,(H-,56,59,61,62)/b9-7+,17-15+,20-18-,23-22-,26-25-,41-39+. The molecule has 3 N–H and O–H groups in total. The summed E-state index contributed by atoms with van der Waals surface area (Å²) in [5.74, 6) is -0.298. The molecular weight excluding hydrogens is 832 g/mol. The van der Waals surface area contributed by atoms with Crippen molar-refractivity contribution in [3.05, 3.63) is 72.9 Å². The van der Waals surface area contributed by atoms with Gasteiger partial charge in [-0.3, -0.25) is 9.36 Å². The maximum absolute atomic E-state index is 13.0. The van der Waals surface area contributed by atoms with Gasteiger partial charge in [-0.25, -0.2) is 0 Å². The van der Waals surface area contributed by atoms with Crippen molar-refractivity contribution in [2.75, 3.05) is 40.9 Å². The molecule has 378 valence electrons. The van der Waals surface area contributed by atoms with Crippen LogP contribution in [0, 0.1) is 0 Å². The van der Waals surface area contributed by atoms with E-state index in [0.29, 0.717) is 30.3 Å². The quantitative estimate of drug-likeness (QED) is 0.0240. The SMILES string of the molecule is C/C=C/CC/C=C/CC/C=C/CCCC(O)C(O)C(COP(=O)([O-])OCC[N+](C)(C)C)NC(=O)CCCCCCCCCCCCCCCC/C=C\C/C=C\C/C=C\CCCCCCC. The van der Waals surface area contributed by atoms with Gasteiger partial charge in [-0.1, -0.05) is 183 Å². The van der Waals surface area contributed by atoms with E-state index in [4.69, 9.17) is 9.05 Å². The number of rotatable bonds is 47. The average Bonchev–Trinajstić information content (AvgIpc) is 3.26. The van der Waals surface area contributed by atoms with E-state index in [1.54, 1.807) is 0 Å². The Morgan fingerprint density at radius 3 is 1.49 bits per heavy atom. The van der Waals surface area contributed by atoms with E-state index in [-0.39, 0.29) is 18.9 Å². The van der Waals surface area contributed by atoms with Crippen molar-refractivity contribution in [1.82, 2.24) is 5.32 Å². The lowest BCUT2D eigenvalue weighted by Crippen LogP contribution is -2.51. The number of hydrogen-bond acceptors (Lipinski definition) is 7. The Balaban J connectivity index is 4.23. The molecular formula is C55H101N2O7P. The zero-order valence-corrected chi connectivity index (χ0v) is 43.4. The number of aliphatic hydroxyl groups excluding tert-OH is 2. The first-order valence-electron chi connectivity index (χ1n) is 26.3. The minimum absolute atomic E-state index is 0.0529. The fraction of sp³-hybridized carbons (Fsp3) is 0.764. The molecule has 0 spiro atoms. The highest BCUT2D eigenvalue weighted by Gasteiger charge is 2.29. The highest BCUT2D eigenvalue weighted by Crippen LogP contribution is 2.38. The van der Waals surface area contributed by atoms with Gasteiger partial charge in [0, 0.05) is 6.42 Å². The second kappa shape index (κ2) is 45.7. The van der Waals surface area contributed by atoms with E-state index < -0.39 is 32.7 Å². The van der Waals surface area contributed by atoms with Gasteiger partial charge in [-0.05, 0) is 96.8 Å². The molecule has 0 aromatic carbocycles. The number of quaternary nitrogens is 1. The molecule has 0 bridgehead atoms. The lowest BCUT2D eigenvalue weighted by Gasteiger charge is -2.31. The maximum Gasteiger partial charge on any atom is 0.268 e. The van der Waals surface area contributed by atoms with Crippen LogP contribution in [0.5, 0.6) is 0 Å². The molecule has 0 saturated heterocycles. The monoisotopic (exact) mass is 933 g/mol. The summed E-state index contributed by atoms with van der Waals surface area (Å²) in [6.07, 6.45) is 58.4. The van der Waals surface area contributed by atoms with Crippen LogP contribution in [-0.2, 0) is 18.4 Å². The number of carbonyl (C=O) groups is 1. The van der Waals surface area contributed by atoms with Crippen LogP contribution in [0.1, 0.15) is 213 Å². The summed E-state index contributed by atoms with van der Waals surface area (Å²) in [5, 5.41) is 24.6. The van der Waals surface area contributed by atoms with E-state index in [1.165, 1.54) is 109 Å². The molecule has 0 heterocycles. The predicted octanol–water partition coefficient (Wildman–Crippen LogP) is 13.9. The van der Waals surface area contributed by atoms with Gasteiger partial charge in [-0.15, -0.1) is 0 Å². The molecule has 0 aromatic heterocycles. The predicted molar refractivity (Wildman–Crippen MR) is 276 cm³/mol. The average molecular weight is 933 g/mol. The van der Waals surface area contributed by atoms with Crippen molar-refractivity contribution in [3.63, 3.8) is 0 Å². The zero-order chi connectivity index (χ0) is 48.0. The second-order valence-corrected chi connectivity index (χ2v) is 20.4. The van der Waals surface area contributed by atoms with Crippen LogP contribution in [0.4, 0.5) is 0 Å². The van der Waals surface area contributed by atoms with Crippen LogP contribution >= 0.6 is 7.82 Å². The summed E-state index contributed by atoms with van der Waals surface area (Å²) in [5.41, 5.74) is 0. The molecule has 0 fully saturated rings. The van der Waals surface area contributed by atoms with Gasteiger partial charge >= 0.3 is 0 Å². The number of nitrogens with zero attached hydrogens (tertiary/aromatic N) is 1. The van der Waals surface area contributed by atoms with Crippen LogP contribution in [-0.4, -0.2) is 79.8 Å². The molecule has 9 nitrogen and oxygen atoms in total. The smallest absolute Gasteiger partial charge is 0.268 e. The normalized spacial score (nSPS) is 15.1. The summed E-state index contributed by atoms with van der Waals surface area (Å²) in [4.78, 5) is 25.5. The number of allylic oxidation sites excluding steroid dienone is 12. The number of likely N-dealkylation sites (N-methyl/N-ethyl adjacent to an activating group) is 1. The Labute approximate surface area is 400 Å². The molecule has 0 radical (unpaired) electrons. The van der Waals surface area contributed by atoms with Gasteiger partial charge < -0.3 is 34.0 Å². The van der Waals surface area contributed by atoms with Crippen molar-refractivity contribution in [1.29, 1.82) is 0 Å². The minimum atomic E-state index is -4.68. The molecule has 4 atom stereocenters. The Hall–Kier alpha value is -2.10. The van der Waals surface area contributed by atoms with Crippen molar-refractivity contribution in [2.24, 2.45) is 0 Å². The molecule has 0 aliphatic carbocycles. The molecule has 65 heavy (non-hydrogen) atoms. The highest BCUT2D eigenvalue weighted by atomic mass is 31.2. The van der Waals surface area contributed by atoms with Crippen LogP contribution in [0.3, 0.4) is 0 Å². The molecule has 0 aliphatic heterocycles. The molecule has 4 unspecified atom stereocenters. The summed E-state index contributed by atoms with van der Waals surface area (Å²) >= 11 is 0. The number of phosphoric ester groups is 1.